The highest BCUT2D eigenvalue weighted by atomic mass is 16.2. The van der Waals surface area contributed by atoms with Crippen LogP contribution in [-0.2, 0) is 14.4 Å². The van der Waals surface area contributed by atoms with E-state index in [0.29, 0.717) is 18.5 Å². The van der Waals surface area contributed by atoms with Crippen molar-refractivity contribution < 1.29 is 14.4 Å². The second kappa shape index (κ2) is 11.2. The van der Waals surface area contributed by atoms with Crippen LogP contribution in [0.25, 0.3) is 0 Å². The fourth-order valence-electron chi connectivity index (χ4n) is 5.03. The van der Waals surface area contributed by atoms with E-state index in [0.717, 1.165) is 29.5 Å². The summed E-state index contributed by atoms with van der Waals surface area (Å²) >= 11 is 0. The summed E-state index contributed by atoms with van der Waals surface area (Å²) in [7, 11) is 0. The molecule has 0 atom stereocenters. The highest BCUT2D eigenvalue weighted by molar-refractivity contribution is 6.05. The van der Waals surface area contributed by atoms with Crippen molar-refractivity contribution in [2.75, 3.05) is 11.4 Å². The van der Waals surface area contributed by atoms with E-state index in [2.05, 4.69) is 10.6 Å². The van der Waals surface area contributed by atoms with Crippen molar-refractivity contribution in [2.24, 2.45) is 0 Å². The molecule has 1 saturated carbocycles. The molecular formula is C30H33N3O3. The lowest BCUT2D eigenvalue weighted by atomic mass is 9.90. The fraction of sp³-hybridized carbons (Fsp3) is 0.300. The maximum absolute atomic E-state index is 14.3. The lowest BCUT2D eigenvalue weighted by Crippen LogP contribution is -2.61. The van der Waals surface area contributed by atoms with E-state index >= 15 is 0 Å². The molecular weight excluding hydrogens is 450 g/mol. The van der Waals surface area contributed by atoms with Crippen LogP contribution < -0.4 is 15.5 Å². The molecule has 6 nitrogen and oxygen atoms in total. The molecule has 0 spiro atoms. The van der Waals surface area contributed by atoms with Gasteiger partial charge in [0.25, 0.3) is 0 Å². The molecule has 6 heteroatoms. The van der Waals surface area contributed by atoms with Crippen LogP contribution in [0.2, 0.25) is 0 Å². The Bertz CT molecular complexity index is 1150. The molecule has 0 unspecified atom stereocenters. The number of anilines is 1. The number of nitrogens with zero attached hydrogens (tertiary/aromatic N) is 1. The van der Waals surface area contributed by atoms with Crippen LogP contribution in [0.4, 0.5) is 5.69 Å². The monoisotopic (exact) mass is 483 g/mol. The fourth-order valence-corrected chi connectivity index (χ4v) is 5.03. The number of nitrogens with one attached hydrogen (secondary N) is 2. The van der Waals surface area contributed by atoms with Crippen molar-refractivity contribution in [3.05, 3.63) is 102 Å². The SMILES string of the molecule is CC(=O)NCC(=O)N(c1ccc(C)cc1)C1(C(=O)NC(c2ccccc2)c2ccccc2)CCCC1. The molecule has 0 aliphatic heterocycles. The summed E-state index contributed by atoms with van der Waals surface area (Å²) in [5.74, 6) is -0.776. The number of benzene rings is 3. The van der Waals surface area contributed by atoms with Gasteiger partial charge in [0.05, 0.1) is 12.6 Å². The summed E-state index contributed by atoms with van der Waals surface area (Å²) in [5, 5.41) is 5.91. The summed E-state index contributed by atoms with van der Waals surface area (Å²) < 4.78 is 0. The number of carbonyl (C=O) groups excluding carboxylic acids is 3. The van der Waals surface area contributed by atoms with Crippen molar-refractivity contribution in [2.45, 2.75) is 51.1 Å². The average molecular weight is 484 g/mol. The Labute approximate surface area is 212 Å². The molecule has 4 rings (SSSR count). The van der Waals surface area contributed by atoms with Gasteiger partial charge >= 0.3 is 0 Å². The molecule has 1 fully saturated rings. The molecule has 186 valence electrons. The van der Waals surface area contributed by atoms with Gasteiger partial charge in [-0.1, -0.05) is 91.2 Å². The van der Waals surface area contributed by atoms with Gasteiger partial charge < -0.3 is 10.6 Å². The van der Waals surface area contributed by atoms with E-state index in [9.17, 15) is 14.4 Å². The molecule has 3 amide bonds. The summed E-state index contributed by atoms with van der Waals surface area (Å²) in [6.45, 7) is 3.19. The average Bonchev–Trinajstić information content (AvgIpc) is 3.39. The molecule has 2 N–H and O–H groups in total. The van der Waals surface area contributed by atoms with Gasteiger partial charge in [-0.05, 0) is 43.0 Å². The molecule has 3 aromatic rings. The van der Waals surface area contributed by atoms with Crippen LogP contribution in [0, 0.1) is 6.92 Å². The molecule has 0 saturated heterocycles. The minimum atomic E-state index is -1.05. The Hall–Kier alpha value is -3.93. The van der Waals surface area contributed by atoms with Crippen LogP contribution in [0.3, 0.4) is 0 Å². The predicted molar refractivity (Wildman–Crippen MR) is 141 cm³/mol. The van der Waals surface area contributed by atoms with E-state index in [1.807, 2.05) is 91.9 Å². The minimum absolute atomic E-state index is 0.168. The molecule has 1 aliphatic rings. The molecule has 0 aromatic heterocycles. The standard InChI is InChI=1S/C30H33N3O3/c1-22-15-17-26(18-16-22)33(27(35)21-31-23(2)34)30(19-9-10-20-30)29(36)32-28(24-11-5-3-6-12-24)25-13-7-4-8-14-25/h3-8,11-18,28H,9-10,19-21H2,1-2H3,(H,31,34)(H,32,36). The zero-order chi connectivity index (χ0) is 25.5. The topological polar surface area (TPSA) is 78.5 Å². The number of rotatable bonds is 8. The lowest BCUT2D eigenvalue weighted by Gasteiger charge is -2.41. The van der Waals surface area contributed by atoms with Gasteiger partial charge in [0.1, 0.15) is 5.54 Å². The first-order valence-corrected chi connectivity index (χ1v) is 12.5. The first-order chi connectivity index (χ1) is 17.4. The van der Waals surface area contributed by atoms with Gasteiger partial charge in [-0.15, -0.1) is 0 Å². The van der Waals surface area contributed by atoms with Crippen molar-refractivity contribution in [3.63, 3.8) is 0 Å². The van der Waals surface area contributed by atoms with Crippen molar-refractivity contribution in [3.8, 4) is 0 Å². The molecule has 0 bridgehead atoms. The van der Waals surface area contributed by atoms with Gasteiger partial charge in [-0.2, -0.15) is 0 Å². The largest absolute Gasteiger partial charge is 0.347 e. The molecule has 0 radical (unpaired) electrons. The summed E-state index contributed by atoms with van der Waals surface area (Å²) in [4.78, 5) is 41.1. The number of carbonyl (C=O) groups is 3. The van der Waals surface area contributed by atoms with E-state index in [1.165, 1.54) is 6.92 Å². The minimum Gasteiger partial charge on any atom is -0.347 e. The second-order valence-electron chi connectivity index (χ2n) is 9.44. The van der Waals surface area contributed by atoms with Crippen LogP contribution >= 0.6 is 0 Å². The van der Waals surface area contributed by atoms with E-state index in [-0.39, 0.29) is 30.3 Å². The zero-order valence-corrected chi connectivity index (χ0v) is 20.9. The maximum Gasteiger partial charge on any atom is 0.247 e. The van der Waals surface area contributed by atoms with E-state index in [4.69, 9.17) is 0 Å². The predicted octanol–water partition coefficient (Wildman–Crippen LogP) is 4.68. The van der Waals surface area contributed by atoms with E-state index in [1.54, 1.807) is 4.90 Å². The van der Waals surface area contributed by atoms with Crippen molar-refractivity contribution in [1.82, 2.24) is 10.6 Å². The molecule has 3 aromatic carbocycles. The quantitative estimate of drug-likeness (QED) is 0.488. The number of hydrogen-bond donors (Lipinski definition) is 2. The number of aryl methyl sites for hydroxylation is 1. The maximum atomic E-state index is 14.3. The Morgan fingerprint density at radius 1 is 0.833 bits per heavy atom. The van der Waals surface area contributed by atoms with Gasteiger partial charge in [-0.25, -0.2) is 0 Å². The highest BCUT2D eigenvalue weighted by Gasteiger charge is 2.49. The third kappa shape index (κ3) is 5.48. The first-order valence-electron chi connectivity index (χ1n) is 12.5. The first kappa shape index (κ1) is 25.2. The number of amides is 3. The van der Waals surface area contributed by atoms with Gasteiger partial charge in [0.2, 0.25) is 17.7 Å². The zero-order valence-electron chi connectivity index (χ0n) is 20.9. The van der Waals surface area contributed by atoms with Gasteiger partial charge in [0, 0.05) is 12.6 Å². The lowest BCUT2D eigenvalue weighted by molar-refractivity contribution is -0.131. The van der Waals surface area contributed by atoms with Crippen LogP contribution in [0.5, 0.6) is 0 Å². The Kier molecular flexibility index (Phi) is 7.84. The summed E-state index contributed by atoms with van der Waals surface area (Å²) in [5.41, 5.74) is 2.61. The second-order valence-corrected chi connectivity index (χ2v) is 9.44. The third-order valence-corrected chi connectivity index (χ3v) is 6.85. The third-order valence-electron chi connectivity index (χ3n) is 6.85. The Balaban J connectivity index is 1.74. The van der Waals surface area contributed by atoms with Crippen LogP contribution in [0.1, 0.15) is 55.3 Å². The van der Waals surface area contributed by atoms with Crippen LogP contribution in [0.15, 0.2) is 84.9 Å². The summed E-state index contributed by atoms with van der Waals surface area (Å²) in [6.07, 6.45) is 2.78. The number of hydrogen-bond acceptors (Lipinski definition) is 3. The van der Waals surface area contributed by atoms with Gasteiger partial charge in [-0.3, -0.25) is 19.3 Å². The van der Waals surface area contributed by atoms with Crippen molar-refractivity contribution in [1.29, 1.82) is 0 Å². The van der Waals surface area contributed by atoms with Crippen LogP contribution in [-0.4, -0.2) is 29.8 Å². The van der Waals surface area contributed by atoms with Crippen molar-refractivity contribution >= 4 is 23.4 Å². The smallest absolute Gasteiger partial charge is 0.247 e. The summed E-state index contributed by atoms with van der Waals surface area (Å²) in [6, 6.07) is 27.0. The van der Waals surface area contributed by atoms with E-state index < -0.39 is 5.54 Å². The molecule has 36 heavy (non-hydrogen) atoms. The Morgan fingerprint density at radius 3 is 1.86 bits per heavy atom. The van der Waals surface area contributed by atoms with Gasteiger partial charge in [0.15, 0.2) is 0 Å². The highest BCUT2D eigenvalue weighted by Crippen LogP contribution is 2.40. The Morgan fingerprint density at radius 2 is 1.36 bits per heavy atom. The normalized spacial score (nSPS) is 14.3. The molecule has 0 heterocycles. The molecule has 1 aliphatic carbocycles.